The normalized spacial score (nSPS) is 18.5. The van der Waals surface area contributed by atoms with E-state index in [0.29, 0.717) is 13.0 Å². The Morgan fingerprint density at radius 2 is 2.12 bits per heavy atom. The second kappa shape index (κ2) is 6.10. The van der Waals surface area contributed by atoms with Gasteiger partial charge in [0.15, 0.2) is 0 Å². The van der Waals surface area contributed by atoms with Gasteiger partial charge in [-0.3, -0.25) is 4.79 Å². The Kier molecular flexibility index (Phi) is 4.76. The smallest absolute Gasteiger partial charge is 0.337 e. The summed E-state index contributed by atoms with van der Waals surface area (Å²) in [6, 6.07) is -0.691. The van der Waals surface area contributed by atoms with Crippen molar-refractivity contribution in [3.05, 3.63) is 25.5 Å². The van der Waals surface area contributed by atoms with Gasteiger partial charge in [0.2, 0.25) is 5.91 Å². The number of hydrogen-bond donors (Lipinski definition) is 0. The molecule has 0 bridgehead atoms. The first-order valence-electron chi connectivity index (χ1n) is 5.44. The summed E-state index contributed by atoms with van der Waals surface area (Å²) in [7, 11) is 0. The number of hydrogen-bond acceptors (Lipinski definition) is 3. The molecule has 16 heavy (non-hydrogen) atoms. The summed E-state index contributed by atoms with van der Waals surface area (Å²) in [5.41, 5.74) is 0. The summed E-state index contributed by atoms with van der Waals surface area (Å²) in [6.07, 6.45) is 5.82. The molecule has 1 atom stereocenters. The Hall–Kier alpha value is -1.58. The molecular weight excluding hydrogens is 206 g/mol. The molecule has 1 rings (SSSR count). The van der Waals surface area contributed by atoms with Gasteiger partial charge >= 0.3 is 5.97 Å². The Morgan fingerprint density at radius 3 is 2.75 bits per heavy atom. The number of nitrogens with zero attached hydrogens (tertiary/aromatic N) is 1. The zero-order valence-corrected chi connectivity index (χ0v) is 9.35. The molecule has 0 saturated carbocycles. The Labute approximate surface area is 95.6 Å². The molecule has 0 aromatic carbocycles. The van der Waals surface area contributed by atoms with Gasteiger partial charge in [-0.05, 0) is 12.8 Å². The number of esters is 1. The van der Waals surface area contributed by atoms with E-state index in [9.17, 15) is 9.59 Å². The van der Waals surface area contributed by atoms with Crippen LogP contribution in [0.1, 0.15) is 25.7 Å². The van der Waals surface area contributed by atoms with E-state index < -0.39 is 12.0 Å². The van der Waals surface area contributed by atoms with Gasteiger partial charge in [-0.25, -0.2) is 4.79 Å². The third-order valence-electron chi connectivity index (χ3n) is 2.61. The first kappa shape index (κ1) is 12.5. The van der Waals surface area contributed by atoms with Crippen LogP contribution in [0, 0.1) is 0 Å². The Morgan fingerprint density at radius 1 is 1.38 bits per heavy atom. The summed E-state index contributed by atoms with van der Waals surface area (Å²) in [5, 5.41) is 0. The highest BCUT2D eigenvalue weighted by molar-refractivity contribution is 5.86. The van der Waals surface area contributed by atoms with Crippen LogP contribution in [0.25, 0.3) is 0 Å². The van der Waals surface area contributed by atoms with E-state index in [4.69, 9.17) is 4.74 Å². The number of ether oxygens (including phenoxy) is 1. The van der Waals surface area contributed by atoms with E-state index >= 15 is 0 Å². The van der Waals surface area contributed by atoms with Crippen LogP contribution in [-0.2, 0) is 14.3 Å². The molecule has 1 fully saturated rings. The van der Waals surface area contributed by atoms with Gasteiger partial charge in [-0.15, -0.1) is 6.58 Å². The minimum atomic E-state index is -0.691. The molecule has 1 aliphatic heterocycles. The first-order chi connectivity index (χ1) is 7.70. The second-order valence-corrected chi connectivity index (χ2v) is 3.68. The average molecular weight is 223 g/mol. The molecular formula is C12H17NO3. The largest absolute Gasteiger partial charge is 0.433 e. The van der Waals surface area contributed by atoms with Crippen LogP contribution in [0.2, 0.25) is 0 Å². The number of carbonyl (C=O) groups excluding carboxylic acids is 2. The lowest BCUT2D eigenvalue weighted by molar-refractivity contribution is -0.148. The van der Waals surface area contributed by atoms with Crippen LogP contribution < -0.4 is 0 Å². The number of amides is 1. The zero-order valence-electron chi connectivity index (χ0n) is 9.35. The van der Waals surface area contributed by atoms with E-state index in [0.717, 1.165) is 25.5 Å². The highest BCUT2D eigenvalue weighted by atomic mass is 16.5. The van der Waals surface area contributed by atoms with Crippen molar-refractivity contribution in [2.75, 3.05) is 6.54 Å². The highest BCUT2D eigenvalue weighted by Gasteiger charge is 2.28. The Bertz CT molecular complexity index is 299. The van der Waals surface area contributed by atoms with Gasteiger partial charge in [0, 0.05) is 13.0 Å². The predicted octanol–water partition coefficient (Wildman–Crippen LogP) is 1.63. The quantitative estimate of drug-likeness (QED) is 0.413. The summed E-state index contributed by atoms with van der Waals surface area (Å²) in [6.45, 7) is 7.48. The molecule has 1 unspecified atom stereocenters. The molecule has 1 heterocycles. The SMILES string of the molecule is C=COC(=O)C(C=C)N1CCCCCC1=O. The summed E-state index contributed by atoms with van der Waals surface area (Å²) in [4.78, 5) is 24.9. The first-order valence-corrected chi connectivity index (χ1v) is 5.44. The third-order valence-corrected chi connectivity index (χ3v) is 2.61. The second-order valence-electron chi connectivity index (χ2n) is 3.68. The van der Waals surface area contributed by atoms with Crippen molar-refractivity contribution in [3.63, 3.8) is 0 Å². The molecule has 0 aromatic rings. The lowest BCUT2D eigenvalue weighted by atomic mass is 10.2. The van der Waals surface area contributed by atoms with Crippen LogP contribution in [0.3, 0.4) is 0 Å². The molecule has 1 saturated heterocycles. The van der Waals surface area contributed by atoms with Crippen molar-refractivity contribution in [2.45, 2.75) is 31.7 Å². The van der Waals surface area contributed by atoms with Gasteiger partial charge in [0.25, 0.3) is 0 Å². The maximum absolute atomic E-state index is 11.8. The molecule has 4 heteroatoms. The van der Waals surface area contributed by atoms with Crippen LogP contribution in [-0.4, -0.2) is 29.4 Å². The van der Waals surface area contributed by atoms with Crippen molar-refractivity contribution < 1.29 is 14.3 Å². The molecule has 0 spiro atoms. The molecule has 0 aliphatic carbocycles. The van der Waals surface area contributed by atoms with Gasteiger partial charge in [-0.2, -0.15) is 0 Å². The maximum atomic E-state index is 11.8. The monoisotopic (exact) mass is 223 g/mol. The molecule has 0 radical (unpaired) electrons. The molecule has 0 N–H and O–H groups in total. The van der Waals surface area contributed by atoms with E-state index in [1.165, 1.54) is 11.0 Å². The zero-order chi connectivity index (χ0) is 12.0. The minimum absolute atomic E-state index is 0.0107. The van der Waals surface area contributed by atoms with E-state index in [2.05, 4.69) is 13.2 Å². The Balaban J connectivity index is 2.76. The van der Waals surface area contributed by atoms with Gasteiger partial charge in [0.1, 0.15) is 6.04 Å². The van der Waals surface area contributed by atoms with Gasteiger partial charge in [0.05, 0.1) is 6.26 Å². The summed E-state index contributed by atoms with van der Waals surface area (Å²) in [5.74, 6) is -0.510. The van der Waals surface area contributed by atoms with E-state index in [-0.39, 0.29) is 5.91 Å². The molecule has 4 nitrogen and oxygen atoms in total. The summed E-state index contributed by atoms with van der Waals surface area (Å²) >= 11 is 0. The lowest BCUT2D eigenvalue weighted by Gasteiger charge is -2.26. The predicted molar refractivity (Wildman–Crippen MR) is 60.5 cm³/mol. The average Bonchev–Trinajstić information content (AvgIpc) is 2.46. The minimum Gasteiger partial charge on any atom is -0.433 e. The molecule has 1 amide bonds. The van der Waals surface area contributed by atoms with Crippen molar-refractivity contribution in [2.24, 2.45) is 0 Å². The number of rotatable bonds is 4. The fourth-order valence-corrected chi connectivity index (χ4v) is 1.80. The molecule has 88 valence electrons. The third kappa shape index (κ3) is 2.95. The van der Waals surface area contributed by atoms with Crippen LogP contribution in [0.5, 0.6) is 0 Å². The number of likely N-dealkylation sites (tertiary alicyclic amines) is 1. The van der Waals surface area contributed by atoms with Crippen LogP contribution in [0.4, 0.5) is 0 Å². The van der Waals surface area contributed by atoms with Gasteiger partial charge in [-0.1, -0.05) is 19.1 Å². The molecule has 0 aromatic heterocycles. The van der Waals surface area contributed by atoms with Crippen molar-refractivity contribution in [3.8, 4) is 0 Å². The fourth-order valence-electron chi connectivity index (χ4n) is 1.80. The standard InChI is InChI=1S/C12H17NO3/c1-3-10(12(15)16-4-2)13-9-7-5-6-8-11(13)14/h3-4,10H,1-2,5-9H2. The number of carbonyl (C=O) groups is 2. The van der Waals surface area contributed by atoms with Crippen molar-refractivity contribution in [1.29, 1.82) is 0 Å². The topological polar surface area (TPSA) is 46.6 Å². The van der Waals surface area contributed by atoms with Gasteiger partial charge < -0.3 is 9.64 Å². The maximum Gasteiger partial charge on any atom is 0.337 e. The van der Waals surface area contributed by atoms with Crippen molar-refractivity contribution >= 4 is 11.9 Å². The lowest BCUT2D eigenvalue weighted by Crippen LogP contribution is -2.44. The van der Waals surface area contributed by atoms with E-state index in [1.807, 2.05) is 0 Å². The van der Waals surface area contributed by atoms with Crippen LogP contribution in [0.15, 0.2) is 25.5 Å². The van der Waals surface area contributed by atoms with E-state index in [1.54, 1.807) is 0 Å². The fraction of sp³-hybridized carbons (Fsp3) is 0.500. The highest BCUT2D eigenvalue weighted by Crippen LogP contribution is 2.15. The molecule has 1 aliphatic rings. The van der Waals surface area contributed by atoms with Crippen LogP contribution >= 0.6 is 0 Å². The van der Waals surface area contributed by atoms with Crippen molar-refractivity contribution in [1.82, 2.24) is 4.90 Å². The summed E-state index contributed by atoms with van der Waals surface area (Å²) < 4.78 is 4.70.